The van der Waals surface area contributed by atoms with Crippen molar-refractivity contribution >= 4 is 23.0 Å². The Morgan fingerprint density at radius 2 is 1.52 bits per heavy atom. The molecule has 0 bridgehead atoms. The van der Waals surface area contributed by atoms with Gasteiger partial charge in [-0.25, -0.2) is 4.39 Å². The molecule has 8 nitrogen and oxygen atoms in total. The van der Waals surface area contributed by atoms with E-state index in [0.717, 1.165) is 140 Å². The molecule has 1 aliphatic carbocycles. The maximum absolute atomic E-state index is 13.5. The molecule has 56 heavy (non-hydrogen) atoms. The second kappa shape index (κ2) is 21.1. The number of anilines is 1. The van der Waals surface area contributed by atoms with Crippen LogP contribution in [-0.2, 0) is 15.8 Å². The van der Waals surface area contributed by atoms with Crippen molar-refractivity contribution in [2.45, 2.75) is 90.3 Å². The zero-order valence-electron chi connectivity index (χ0n) is 33.3. The minimum absolute atomic E-state index is 0.0383. The number of Topliss-reactive ketones (excluding diaryl/α,β-unsaturated/α-hetero) is 1. The van der Waals surface area contributed by atoms with Gasteiger partial charge in [0.15, 0.2) is 0 Å². The number of nitriles is 1. The van der Waals surface area contributed by atoms with Crippen molar-refractivity contribution in [3.05, 3.63) is 71.0 Å². The molecule has 1 N–H and O–H groups in total. The zero-order valence-corrected chi connectivity index (χ0v) is 33.3. The number of hydrogen-bond donors (Lipinski definition) is 1. The Labute approximate surface area is 330 Å². The summed E-state index contributed by atoms with van der Waals surface area (Å²) in [5, 5.41) is 11.5. The number of piperidine rings is 1. The van der Waals surface area contributed by atoms with Gasteiger partial charge in [-0.15, -0.1) is 0 Å². The Bertz CT molecular complexity index is 1650. The molecule has 3 heterocycles. The lowest BCUT2D eigenvalue weighted by molar-refractivity contribution is -0.137. The Balaban J connectivity index is 0.000000214. The lowest BCUT2D eigenvalue weighted by Crippen LogP contribution is -2.47. The highest BCUT2D eigenvalue weighted by atomic mass is 19.4. The highest BCUT2D eigenvalue weighted by molar-refractivity contribution is 5.78. The van der Waals surface area contributed by atoms with Crippen molar-refractivity contribution in [1.82, 2.24) is 20.0 Å². The largest absolute Gasteiger partial charge is 0.416 e. The van der Waals surface area contributed by atoms with Crippen molar-refractivity contribution in [1.29, 1.82) is 5.26 Å². The Morgan fingerprint density at radius 3 is 2.12 bits per heavy atom. The molecule has 12 heteroatoms. The van der Waals surface area contributed by atoms with E-state index in [4.69, 9.17) is 5.26 Å². The number of halogens is 4. The lowest BCUT2D eigenvalue weighted by atomic mass is 9.84. The van der Waals surface area contributed by atoms with Gasteiger partial charge in [-0.3, -0.25) is 24.3 Å². The second-order valence-electron chi connectivity index (χ2n) is 16.2. The number of nitrogens with one attached hydrogen (secondary N) is 1. The highest BCUT2D eigenvalue weighted by Gasteiger charge is 2.31. The average Bonchev–Trinajstić information content (AvgIpc) is 3.19. The first-order chi connectivity index (χ1) is 26.9. The monoisotopic (exact) mass is 780 g/mol. The standard InChI is InChI=1S/C22H29F3N2O.C22H31FN4O/c1-17(28)16-27-11-6-18(7-12-27)5-10-26-13-8-19(9-14-26)20-3-2-4-21(15-20)22(23,24)25;1-17-16-20(6-7-21(17)23)27-14-12-26(13-15-27)11-9-18-2-4-19(5-3-18)25-22(28)8-10-24/h2-4,8,15,18H,5-7,9-14,16H2,1H3;6-7,16,18-19H,2-5,8-9,11-15H2,1H3,(H,25,28). The van der Waals surface area contributed by atoms with E-state index < -0.39 is 11.7 Å². The first kappa shape index (κ1) is 43.3. The Morgan fingerprint density at radius 1 is 0.839 bits per heavy atom. The maximum Gasteiger partial charge on any atom is 0.416 e. The molecule has 3 fully saturated rings. The fourth-order valence-electron chi connectivity index (χ4n) is 8.55. The van der Waals surface area contributed by atoms with Crippen LogP contribution in [0.1, 0.15) is 87.8 Å². The minimum Gasteiger partial charge on any atom is -0.369 e. The number of carbonyl (C=O) groups excluding carboxylic acids is 2. The highest BCUT2D eigenvalue weighted by Crippen LogP contribution is 2.33. The van der Waals surface area contributed by atoms with Crippen LogP contribution in [0.25, 0.3) is 5.57 Å². The number of likely N-dealkylation sites (tertiary alicyclic amines) is 1. The summed E-state index contributed by atoms with van der Waals surface area (Å²) in [5.41, 5.74) is 2.95. The van der Waals surface area contributed by atoms with Crippen LogP contribution in [0.2, 0.25) is 0 Å². The molecule has 3 aliphatic heterocycles. The number of ketones is 1. The van der Waals surface area contributed by atoms with Crippen molar-refractivity contribution in [2.75, 3.05) is 76.9 Å². The molecule has 2 aromatic carbocycles. The van der Waals surface area contributed by atoms with E-state index in [1.807, 2.05) is 25.1 Å². The normalized spacial score (nSPS) is 21.7. The molecule has 306 valence electrons. The molecule has 0 unspecified atom stereocenters. The number of nitrogens with zero attached hydrogens (tertiary/aromatic N) is 5. The van der Waals surface area contributed by atoms with E-state index >= 15 is 0 Å². The fourth-order valence-corrected chi connectivity index (χ4v) is 8.55. The van der Waals surface area contributed by atoms with Gasteiger partial charge >= 0.3 is 6.18 Å². The summed E-state index contributed by atoms with van der Waals surface area (Å²) in [5.74, 6) is 1.40. The number of amides is 1. The number of piperazine rings is 1. The van der Waals surface area contributed by atoms with Crippen molar-refractivity contribution < 1.29 is 27.2 Å². The summed E-state index contributed by atoms with van der Waals surface area (Å²) in [7, 11) is 0. The molecule has 0 radical (unpaired) electrons. The Kier molecular flexibility index (Phi) is 16.3. The molecule has 0 aromatic heterocycles. The number of benzene rings is 2. The molecule has 0 atom stereocenters. The quantitative estimate of drug-likeness (QED) is 0.221. The van der Waals surface area contributed by atoms with Crippen molar-refractivity contribution in [2.24, 2.45) is 11.8 Å². The van der Waals surface area contributed by atoms with Gasteiger partial charge in [0.25, 0.3) is 0 Å². The van der Waals surface area contributed by atoms with Crippen LogP contribution >= 0.6 is 0 Å². The topological polar surface area (TPSA) is 82.9 Å². The van der Waals surface area contributed by atoms with Crippen LogP contribution in [-0.4, -0.2) is 104 Å². The summed E-state index contributed by atoms with van der Waals surface area (Å²) >= 11 is 0. The molecular formula is C44H60F4N6O2. The SMILES string of the molecule is CC(=O)CN1CCC(CCN2CC=C(c3cccc(C(F)(F)F)c3)CC2)CC1.Cc1cc(N2CCN(CCC3CCC(NC(=O)CC#N)CC3)CC2)ccc1F. The van der Waals surface area contributed by atoms with E-state index in [1.54, 1.807) is 19.1 Å². The van der Waals surface area contributed by atoms with E-state index in [1.165, 1.54) is 18.6 Å². The van der Waals surface area contributed by atoms with Crippen molar-refractivity contribution in [3.8, 4) is 6.07 Å². The van der Waals surface area contributed by atoms with E-state index in [2.05, 4.69) is 31.0 Å². The molecular weight excluding hydrogens is 721 g/mol. The van der Waals surface area contributed by atoms with E-state index in [9.17, 15) is 27.2 Å². The zero-order chi connectivity index (χ0) is 40.1. The van der Waals surface area contributed by atoms with Crippen LogP contribution in [0.3, 0.4) is 0 Å². The molecule has 2 saturated heterocycles. The van der Waals surface area contributed by atoms with Crippen LogP contribution < -0.4 is 10.2 Å². The lowest BCUT2D eigenvalue weighted by Gasteiger charge is -2.37. The minimum atomic E-state index is -4.29. The molecule has 1 amide bonds. The molecule has 0 spiro atoms. The van der Waals surface area contributed by atoms with E-state index in [0.29, 0.717) is 23.6 Å². The third kappa shape index (κ3) is 13.7. The predicted octanol–water partition coefficient (Wildman–Crippen LogP) is 7.72. The Hall–Kier alpha value is -3.79. The first-order valence-corrected chi connectivity index (χ1v) is 20.6. The molecule has 4 aliphatic rings. The number of alkyl halides is 3. The summed E-state index contributed by atoms with van der Waals surface area (Å²) in [4.78, 5) is 32.2. The van der Waals surface area contributed by atoms with Gasteiger partial charge in [0.1, 0.15) is 18.0 Å². The second-order valence-corrected chi connectivity index (χ2v) is 16.2. The number of carbonyl (C=O) groups is 2. The smallest absolute Gasteiger partial charge is 0.369 e. The van der Waals surface area contributed by atoms with Gasteiger partial charge in [-0.05, 0) is 157 Å². The fraction of sp³-hybridized carbons (Fsp3) is 0.614. The summed E-state index contributed by atoms with van der Waals surface area (Å²) in [6.07, 6.45) is 7.57. The molecule has 6 rings (SSSR count). The van der Waals surface area contributed by atoms with Crippen molar-refractivity contribution in [3.63, 3.8) is 0 Å². The summed E-state index contributed by atoms with van der Waals surface area (Å²) in [6.45, 7) is 14.0. The number of hydrogen-bond acceptors (Lipinski definition) is 7. The van der Waals surface area contributed by atoms with Gasteiger partial charge in [0, 0.05) is 51.0 Å². The van der Waals surface area contributed by atoms with Crippen LogP contribution in [0.5, 0.6) is 0 Å². The molecule has 1 saturated carbocycles. The first-order valence-electron chi connectivity index (χ1n) is 20.6. The van der Waals surface area contributed by atoms with Crippen LogP contribution in [0.4, 0.5) is 23.2 Å². The number of rotatable bonds is 12. The number of aryl methyl sites for hydroxylation is 1. The molecule has 2 aromatic rings. The van der Waals surface area contributed by atoms with Crippen LogP contribution in [0.15, 0.2) is 48.5 Å². The van der Waals surface area contributed by atoms with Gasteiger partial charge < -0.3 is 10.2 Å². The third-order valence-electron chi connectivity index (χ3n) is 12.0. The maximum atomic E-state index is 13.5. The van der Waals surface area contributed by atoms with Gasteiger partial charge in [-0.2, -0.15) is 18.4 Å². The summed E-state index contributed by atoms with van der Waals surface area (Å²) in [6, 6.07) is 13.2. The van der Waals surface area contributed by atoms with E-state index in [-0.39, 0.29) is 30.0 Å². The summed E-state index contributed by atoms with van der Waals surface area (Å²) < 4.78 is 52.2. The predicted molar refractivity (Wildman–Crippen MR) is 213 cm³/mol. The van der Waals surface area contributed by atoms with Crippen LogP contribution in [0, 0.1) is 35.9 Å². The van der Waals surface area contributed by atoms with Gasteiger partial charge in [0.05, 0.1) is 18.2 Å². The average molecular weight is 781 g/mol. The van der Waals surface area contributed by atoms with Gasteiger partial charge in [-0.1, -0.05) is 18.2 Å². The van der Waals surface area contributed by atoms with Gasteiger partial charge in [0.2, 0.25) is 5.91 Å². The third-order valence-corrected chi connectivity index (χ3v) is 12.0.